The van der Waals surface area contributed by atoms with Crippen LogP contribution in [0.1, 0.15) is 24.0 Å². The van der Waals surface area contributed by atoms with Crippen LogP contribution in [-0.2, 0) is 20.0 Å². The Balaban J connectivity index is 0.819. The number of nitrogens with one attached hydrogen (secondary N) is 2. The third-order valence-corrected chi connectivity index (χ3v) is 15.1. The average Bonchev–Trinajstić information content (AvgIpc) is 3.43. The summed E-state index contributed by atoms with van der Waals surface area (Å²) in [5.41, 5.74) is 16.2. The first-order chi connectivity index (χ1) is 36.8. The van der Waals surface area contributed by atoms with Crippen molar-refractivity contribution < 1.29 is 31.0 Å². The van der Waals surface area contributed by atoms with E-state index in [9.17, 15) is 27.4 Å². The molecule has 6 N–H and O–H groups in total. The van der Waals surface area contributed by atoms with Crippen LogP contribution in [0.3, 0.4) is 0 Å². The Hall–Kier alpha value is -9.60. The predicted molar refractivity (Wildman–Crippen MR) is 291 cm³/mol. The van der Waals surface area contributed by atoms with Crippen LogP contribution in [0.2, 0.25) is 0 Å². The van der Waals surface area contributed by atoms with E-state index >= 15 is 0 Å². The number of piperidine rings is 1. The highest BCUT2D eigenvalue weighted by Crippen LogP contribution is 2.38. The molecule has 0 amide bonds. The topological polar surface area (TPSA) is 274 Å². The van der Waals surface area contributed by atoms with Crippen LogP contribution in [0, 0.1) is 28.6 Å². The van der Waals surface area contributed by atoms with Gasteiger partial charge in [-0.2, -0.15) is 14.8 Å². The van der Waals surface area contributed by atoms with E-state index in [2.05, 4.69) is 30.0 Å². The number of ether oxygens (including phenoxy) is 3. The monoisotopic (exact) mass is 1050 g/mol. The summed E-state index contributed by atoms with van der Waals surface area (Å²) in [6.07, 6.45) is 6.39. The number of sulfonamides is 2. The number of rotatable bonds is 18. The molecule has 0 atom stereocenters. The molecule has 9 rings (SSSR count). The molecule has 0 spiro atoms. The smallest absolute Gasteiger partial charge is 0.272 e. The number of hydrogen-bond donors (Lipinski definition) is 4. The summed E-state index contributed by atoms with van der Waals surface area (Å²) >= 11 is 0. The lowest BCUT2D eigenvalue weighted by molar-refractivity contribution is 0.284. The van der Waals surface area contributed by atoms with Crippen molar-refractivity contribution in [2.24, 2.45) is 5.92 Å². The summed E-state index contributed by atoms with van der Waals surface area (Å²) in [4.78, 5) is 16.3. The molecule has 0 aliphatic carbocycles. The minimum Gasteiger partial charge on any atom is -0.457 e. The van der Waals surface area contributed by atoms with Gasteiger partial charge in [-0.05, 0) is 114 Å². The maximum atomic E-state index is 13.7. The van der Waals surface area contributed by atoms with Crippen molar-refractivity contribution in [2.45, 2.75) is 12.8 Å². The van der Waals surface area contributed by atoms with Gasteiger partial charge in [0.2, 0.25) is 5.88 Å². The molecule has 76 heavy (non-hydrogen) atoms. The van der Waals surface area contributed by atoms with Crippen LogP contribution >= 0.6 is 0 Å². The van der Waals surface area contributed by atoms with Crippen molar-refractivity contribution >= 4 is 55.3 Å². The number of nitrogens with zero attached hydrogens (tertiary/aromatic N) is 7. The zero-order chi connectivity index (χ0) is 53.1. The quantitative estimate of drug-likeness (QED) is 0.0582. The third-order valence-electron chi connectivity index (χ3n) is 12.0. The Bertz CT molecular complexity index is 3750. The molecule has 20 heteroatoms. The Labute approximate surface area is 439 Å². The molecule has 1 aliphatic heterocycles. The minimum atomic E-state index is -4.40. The summed E-state index contributed by atoms with van der Waals surface area (Å²) in [5.74, 6) is 3.49. The second-order valence-corrected chi connectivity index (χ2v) is 20.7. The highest BCUT2D eigenvalue weighted by atomic mass is 32.2. The van der Waals surface area contributed by atoms with Gasteiger partial charge in [-0.25, -0.2) is 36.8 Å². The van der Waals surface area contributed by atoms with Crippen molar-refractivity contribution in [3.63, 3.8) is 0 Å². The van der Waals surface area contributed by atoms with Gasteiger partial charge in [-0.15, -0.1) is 0 Å². The van der Waals surface area contributed by atoms with E-state index < -0.39 is 25.0 Å². The van der Waals surface area contributed by atoms with Gasteiger partial charge in [0, 0.05) is 25.7 Å². The van der Waals surface area contributed by atoms with E-state index in [0.29, 0.717) is 81.6 Å². The fraction of sp³-hybridized carbons (Fsp3) is 0.107. The second-order valence-electron chi connectivity index (χ2n) is 17.2. The fourth-order valence-corrected chi connectivity index (χ4v) is 10.6. The van der Waals surface area contributed by atoms with Crippen LogP contribution in [0.4, 0.5) is 23.1 Å². The van der Waals surface area contributed by atoms with Gasteiger partial charge < -0.3 is 31.0 Å². The Morgan fingerprint density at radius 1 is 0.592 bits per heavy atom. The second kappa shape index (κ2) is 23.1. The van der Waals surface area contributed by atoms with Gasteiger partial charge in [-0.1, -0.05) is 91.0 Å². The molecule has 380 valence electrons. The summed E-state index contributed by atoms with van der Waals surface area (Å²) in [7, 11) is -8.37. The van der Waals surface area contributed by atoms with Crippen LogP contribution in [0.25, 0.3) is 34.4 Å². The fourth-order valence-electron chi connectivity index (χ4n) is 8.22. The molecule has 1 saturated heterocycles. The highest BCUT2D eigenvalue weighted by molar-refractivity contribution is 7.97. The van der Waals surface area contributed by atoms with Crippen molar-refractivity contribution in [2.75, 3.05) is 41.1 Å². The largest absolute Gasteiger partial charge is 0.457 e. The van der Waals surface area contributed by atoms with Crippen molar-refractivity contribution in [3.8, 4) is 69.0 Å². The number of benzene rings is 6. The number of nitrogens with two attached hydrogens (primary N) is 2. The lowest BCUT2D eigenvalue weighted by Crippen LogP contribution is -2.40. The van der Waals surface area contributed by atoms with E-state index in [0.717, 1.165) is 0 Å². The Kier molecular flexibility index (Phi) is 15.6. The number of nitrogen functional groups attached to an aromatic ring is 2. The number of hydrogen-bond acceptors (Lipinski definition) is 16. The zero-order valence-corrected chi connectivity index (χ0v) is 42.0. The van der Waals surface area contributed by atoms with Gasteiger partial charge >= 0.3 is 0 Å². The number of anilines is 4. The van der Waals surface area contributed by atoms with Gasteiger partial charge in [0.05, 0.1) is 16.8 Å². The summed E-state index contributed by atoms with van der Waals surface area (Å²) in [6.45, 7) is 1.02. The molecule has 8 aromatic rings. The van der Waals surface area contributed by atoms with E-state index in [1.165, 1.54) is 41.2 Å². The maximum Gasteiger partial charge on any atom is 0.272 e. The Morgan fingerprint density at radius 2 is 1.12 bits per heavy atom. The van der Waals surface area contributed by atoms with Gasteiger partial charge in [-0.3, -0.25) is 4.72 Å². The molecule has 1 aliphatic rings. The molecule has 1 fully saturated rings. The van der Waals surface area contributed by atoms with Gasteiger partial charge in [0.15, 0.2) is 9.81 Å². The predicted octanol–water partition coefficient (Wildman–Crippen LogP) is 10.5. The van der Waals surface area contributed by atoms with Crippen molar-refractivity contribution in [1.29, 1.82) is 10.5 Å². The number of para-hydroxylation sites is 1. The molecular weight excluding hydrogens is 1000 g/mol. The first-order valence-electron chi connectivity index (χ1n) is 23.6. The first kappa shape index (κ1) is 51.3. The molecule has 0 radical (unpaired) electrons. The molecule has 6 aromatic carbocycles. The first-order valence-corrected chi connectivity index (χ1v) is 26.5. The zero-order valence-electron chi connectivity index (χ0n) is 40.4. The molecule has 0 saturated carbocycles. The highest BCUT2D eigenvalue weighted by Gasteiger charge is 2.31. The lowest BCUT2D eigenvalue weighted by Gasteiger charge is -2.31. The molecule has 0 bridgehead atoms. The Morgan fingerprint density at radius 3 is 1.78 bits per heavy atom. The van der Waals surface area contributed by atoms with Gasteiger partial charge in [0.25, 0.3) is 20.0 Å². The van der Waals surface area contributed by atoms with Gasteiger partial charge in [0.1, 0.15) is 71.0 Å². The van der Waals surface area contributed by atoms with Crippen molar-refractivity contribution in [3.05, 3.63) is 191 Å². The van der Waals surface area contributed by atoms with Crippen LogP contribution in [-0.4, -0.2) is 60.7 Å². The normalized spacial score (nSPS) is 13.4. The molecule has 0 unspecified atom stereocenters. The molecule has 3 heterocycles. The van der Waals surface area contributed by atoms with Crippen LogP contribution in [0.5, 0.6) is 34.6 Å². The van der Waals surface area contributed by atoms with E-state index in [-0.39, 0.29) is 52.9 Å². The standard InChI is InChI=1S/C56H47N11O7S2/c57-33-49(75(68,69)66-43-12-8-16-48(32-43)74-56-52(54(60)63-37-65-56)42-19-23-45(24-20-42)72-44-13-5-2-6-14-44)31-40-11-7-15-47(29-40)73-46-21-17-41(18-22-46)51-53(59)62-36-64-55(51)61-35-39-25-27-67(28-26-39)76(70,71)50(34-58)30-38-9-3-1-4-10-38/h1-24,29-32,36-37,39,66H,25-28,35H2,(H2,60,63,65)(H3,59,61,62,64)/b49-31+,50-30+. The third kappa shape index (κ3) is 12.4. The van der Waals surface area contributed by atoms with Crippen LogP contribution < -0.4 is 35.7 Å². The summed E-state index contributed by atoms with van der Waals surface area (Å²) in [6, 6.07) is 48.9. The SMILES string of the molecule is N#C/C(=C\c1cccc(Oc2ccc(-c3c(N)ncnc3NCC3CCN(S(=O)(=O)/C(C#N)=C/c4ccccc4)CC3)cc2)c1)S(=O)(=O)Nc1cccc(Oc2ncnc(N)c2-c2ccc(Oc3ccccc3)cc2)c1. The van der Waals surface area contributed by atoms with E-state index in [1.807, 2.05) is 42.5 Å². The maximum absolute atomic E-state index is 13.7. The minimum absolute atomic E-state index is 0.114. The molecule has 2 aromatic heterocycles. The van der Waals surface area contributed by atoms with Crippen molar-refractivity contribution in [1.82, 2.24) is 24.2 Å². The summed E-state index contributed by atoms with van der Waals surface area (Å²) in [5, 5.41) is 23.2. The van der Waals surface area contributed by atoms with E-state index in [1.54, 1.807) is 115 Å². The molecular formula is C56H47N11O7S2. The lowest BCUT2D eigenvalue weighted by atomic mass is 9.98. The number of nitriles is 2. The number of aromatic nitrogens is 4. The average molecular weight is 1050 g/mol. The number of allylic oxidation sites excluding steroid dienone is 2. The molecule has 18 nitrogen and oxygen atoms in total. The van der Waals surface area contributed by atoms with E-state index in [4.69, 9.17) is 25.7 Å². The summed E-state index contributed by atoms with van der Waals surface area (Å²) < 4.78 is 76.1. The van der Waals surface area contributed by atoms with Crippen LogP contribution in [0.15, 0.2) is 180 Å².